The van der Waals surface area contributed by atoms with Crippen molar-refractivity contribution in [2.45, 2.75) is 76.5 Å². The van der Waals surface area contributed by atoms with Crippen LogP contribution in [0.2, 0.25) is 0 Å². The molecule has 0 aromatic carbocycles. The lowest BCUT2D eigenvalue weighted by Crippen LogP contribution is -2.58. The van der Waals surface area contributed by atoms with Crippen LogP contribution in [0.5, 0.6) is 0 Å². The maximum Gasteiger partial charge on any atom is 0.330 e. The first kappa shape index (κ1) is 21.7. The Morgan fingerprint density at radius 2 is 1.86 bits per heavy atom. The van der Waals surface area contributed by atoms with E-state index in [0.717, 1.165) is 5.06 Å². The third-order valence-corrected chi connectivity index (χ3v) is 5.66. The number of hydroxylamine groups is 2. The Morgan fingerprint density at radius 3 is 2.41 bits per heavy atom. The average molecular weight is 406 g/mol. The van der Waals surface area contributed by atoms with Crippen LogP contribution in [0.25, 0.3) is 0 Å². The number of aromatic nitrogens is 2. The normalized spacial score (nSPS) is 29.4. The second-order valence-electron chi connectivity index (χ2n) is 9.12. The summed E-state index contributed by atoms with van der Waals surface area (Å²) in [5.41, 5.74) is -2.30. The summed E-state index contributed by atoms with van der Waals surface area (Å²) < 4.78 is 6.68. The van der Waals surface area contributed by atoms with E-state index in [4.69, 9.17) is 4.74 Å². The van der Waals surface area contributed by atoms with Crippen LogP contribution in [0.1, 0.15) is 58.7 Å². The van der Waals surface area contributed by atoms with Crippen molar-refractivity contribution in [3.8, 4) is 11.8 Å². The third kappa shape index (κ3) is 4.32. The number of piperidine rings is 1. The van der Waals surface area contributed by atoms with Gasteiger partial charge in [-0.25, -0.2) is 4.79 Å². The minimum absolute atomic E-state index is 0.0756. The highest BCUT2D eigenvalue weighted by atomic mass is 16.5. The third-order valence-electron chi connectivity index (χ3n) is 5.66. The number of rotatable bonds is 2. The molecule has 29 heavy (non-hydrogen) atoms. The van der Waals surface area contributed by atoms with E-state index >= 15 is 0 Å². The van der Waals surface area contributed by atoms with Gasteiger partial charge in [0.1, 0.15) is 17.9 Å². The summed E-state index contributed by atoms with van der Waals surface area (Å²) in [4.78, 5) is 26.6. The molecule has 3 heterocycles. The topological polar surface area (TPSA) is 128 Å². The zero-order valence-corrected chi connectivity index (χ0v) is 17.1. The molecule has 2 saturated heterocycles. The Balaban J connectivity index is 1.88. The second kappa shape index (κ2) is 7.70. The summed E-state index contributed by atoms with van der Waals surface area (Å²) in [6, 6.07) is 0. The maximum atomic E-state index is 12.5. The minimum atomic E-state index is -0.903. The van der Waals surface area contributed by atoms with Gasteiger partial charge in [0.2, 0.25) is 0 Å². The number of aromatic amines is 1. The van der Waals surface area contributed by atoms with Gasteiger partial charge in [-0.3, -0.25) is 14.3 Å². The van der Waals surface area contributed by atoms with Crippen LogP contribution in [0.3, 0.4) is 0 Å². The van der Waals surface area contributed by atoms with Crippen molar-refractivity contribution in [2.24, 2.45) is 5.92 Å². The summed E-state index contributed by atoms with van der Waals surface area (Å²) in [6.07, 6.45) is 0.101. The largest absolute Gasteiger partial charge is 0.394 e. The summed E-state index contributed by atoms with van der Waals surface area (Å²) in [6.45, 7) is 7.14. The highest BCUT2D eigenvalue weighted by molar-refractivity contribution is 5.31. The molecular weight excluding hydrogens is 378 g/mol. The molecule has 9 heteroatoms. The molecule has 0 saturated carbocycles. The molecule has 1 aromatic heterocycles. The SMILES string of the molecule is CC1(C)CC(C#Cc2cn([C@H]3C[C@H](O)[C@@H](CO)O3)c(=O)[nH]c2=O)CC(C)(C)N1[O]. The molecule has 0 unspecified atom stereocenters. The number of hydrogen-bond acceptors (Lipinski definition) is 6. The smallest absolute Gasteiger partial charge is 0.330 e. The number of hydrogen-bond donors (Lipinski definition) is 3. The lowest BCUT2D eigenvalue weighted by Gasteiger charge is -2.48. The predicted molar refractivity (Wildman–Crippen MR) is 103 cm³/mol. The standard InChI is InChI=1S/C20H28N3O6/c1-19(2)8-12(9-20(3,4)23(19)28)5-6-13-10-22(18(27)21-17(13)26)16-7-14(25)15(11-24)29-16/h10,12,14-16,24-25H,7-9,11H2,1-4H3,(H,21,26,27)/t14-,15+,16+/m0/s1. The van der Waals surface area contributed by atoms with Crippen LogP contribution < -0.4 is 11.2 Å². The fourth-order valence-electron chi connectivity index (χ4n) is 4.38. The lowest BCUT2D eigenvalue weighted by atomic mass is 9.75. The number of nitrogens with one attached hydrogen (secondary N) is 1. The molecule has 1 radical (unpaired) electrons. The minimum Gasteiger partial charge on any atom is -0.394 e. The molecule has 2 aliphatic rings. The number of aliphatic hydroxyl groups is 2. The van der Waals surface area contributed by atoms with Gasteiger partial charge >= 0.3 is 5.69 Å². The van der Waals surface area contributed by atoms with Crippen molar-refractivity contribution in [3.05, 3.63) is 32.6 Å². The van der Waals surface area contributed by atoms with Gasteiger partial charge in [0.15, 0.2) is 0 Å². The highest BCUT2D eigenvalue weighted by Crippen LogP contribution is 2.39. The number of nitrogens with zero attached hydrogens (tertiary/aromatic N) is 2. The molecule has 1 aromatic rings. The van der Waals surface area contributed by atoms with E-state index < -0.39 is 40.8 Å². The quantitative estimate of drug-likeness (QED) is 0.600. The van der Waals surface area contributed by atoms with Crippen LogP contribution in [0.15, 0.2) is 15.8 Å². The van der Waals surface area contributed by atoms with E-state index in [2.05, 4.69) is 16.8 Å². The Hall–Kier alpha value is -1.96. The zero-order chi connectivity index (χ0) is 21.6. The first-order chi connectivity index (χ1) is 13.4. The monoisotopic (exact) mass is 406 g/mol. The molecule has 0 spiro atoms. The molecule has 0 aliphatic carbocycles. The summed E-state index contributed by atoms with van der Waals surface area (Å²) in [5.74, 6) is 5.88. The summed E-state index contributed by atoms with van der Waals surface area (Å²) >= 11 is 0. The Labute approximate surface area is 168 Å². The van der Waals surface area contributed by atoms with Gasteiger partial charge in [-0.15, -0.1) is 10.3 Å². The van der Waals surface area contributed by atoms with Gasteiger partial charge in [-0.1, -0.05) is 11.8 Å². The molecule has 2 fully saturated rings. The average Bonchev–Trinajstić information content (AvgIpc) is 2.99. The van der Waals surface area contributed by atoms with Crippen LogP contribution in [0, 0.1) is 17.8 Å². The lowest BCUT2D eigenvalue weighted by molar-refractivity contribution is -0.291. The van der Waals surface area contributed by atoms with Crippen LogP contribution in [0.4, 0.5) is 0 Å². The first-order valence-corrected chi connectivity index (χ1v) is 9.73. The molecule has 3 N–H and O–H groups in total. The van der Waals surface area contributed by atoms with Crippen LogP contribution >= 0.6 is 0 Å². The van der Waals surface area contributed by atoms with Gasteiger partial charge in [0, 0.05) is 29.6 Å². The van der Waals surface area contributed by atoms with Gasteiger partial charge in [-0.05, 0) is 40.5 Å². The van der Waals surface area contributed by atoms with E-state index in [1.54, 1.807) is 0 Å². The second-order valence-corrected chi connectivity index (χ2v) is 9.12. The van der Waals surface area contributed by atoms with E-state index in [9.17, 15) is 25.0 Å². The van der Waals surface area contributed by atoms with Gasteiger partial charge in [0.05, 0.1) is 12.7 Å². The summed E-state index contributed by atoms with van der Waals surface area (Å²) in [5, 5.41) is 32.7. The molecule has 9 nitrogen and oxygen atoms in total. The van der Waals surface area contributed by atoms with Crippen molar-refractivity contribution in [2.75, 3.05) is 6.61 Å². The molecule has 159 valence electrons. The summed E-state index contributed by atoms with van der Waals surface area (Å²) in [7, 11) is 0. The van der Waals surface area contributed by atoms with E-state index in [-0.39, 0.29) is 24.5 Å². The zero-order valence-electron chi connectivity index (χ0n) is 17.1. The first-order valence-electron chi connectivity index (χ1n) is 9.73. The molecule has 0 bridgehead atoms. The number of aliphatic hydroxyl groups excluding tert-OH is 2. The van der Waals surface area contributed by atoms with Crippen molar-refractivity contribution in [3.63, 3.8) is 0 Å². The number of H-pyrrole nitrogens is 1. The molecule has 0 amide bonds. The Bertz CT molecular complexity index is 920. The van der Waals surface area contributed by atoms with E-state index in [0.29, 0.717) is 12.8 Å². The fourth-order valence-corrected chi connectivity index (χ4v) is 4.38. The van der Waals surface area contributed by atoms with Crippen molar-refractivity contribution in [1.82, 2.24) is 14.6 Å². The fraction of sp³-hybridized carbons (Fsp3) is 0.700. The number of ether oxygens (including phenoxy) is 1. The predicted octanol–water partition coefficient (Wildman–Crippen LogP) is 0.144. The Kier molecular flexibility index (Phi) is 5.77. The van der Waals surface area contributed by atoms with Crippen LogP contribution in [-0.4, -0.2) is 54.7 Å². The van der Waals surface area contributed by atoms with Crippen molar-refractivity contribution in [1.29, 1.82) is 0 Å². The molecule has 3 atom stereocenters. The van der Waals surface area contributed by atoms with Crippen LogP contribution in [-0.2, 0) is 9.94 Å². The molecule has 3 rings (SSSR count). The molecular formula is C20H28N3O6. The Morgan fingerprint density at radius 1 is 1.24 bits per heavy atom. The maximum absolute atomic E-state index is 12.5. The van der Waals surface area contributed by atoms with E-state index in [1.807, 2.05) is 27.7 Å². The van der Waals surface area contributed by atoms with E-state index in [1.165, 1.54) is 10.8 Å². The van der Waals surface area contributed by atoms with Gasteiger partial charge in [-0.2, -0.15) is 0 Å². The van der Waals surface area contributed by atoms with Crippen molar-refractivity contribution < 1.29 is 20.2 Å². The van der Waals surface area contributed by atoms with Crippen molar-refractivity contribution >= 4 is 0 Å². The van der Waals surface area contributed by atoms with Gasteiger partial charge < -0.3 is 14.9 Å². The highest BCUT2D eigenvalue weighted by Gasteiger charge is 2.45. The molecule has 2 aliphatic heterocycles. The van der Waals surface area contributed by atoms with Gasteiger partial charge in [0.25, 0.3) is 5.56 Å².